The normalized spacial score (nSPS) is 15.8. The molecule has 1 N–H and O–H groups in total. The van der Waals surface area contributed by atoms with Crippen molar-refractivity contribution in [1.82, 2.24) is 10.2 Å². The van der Waals surface area contributed by atoms with E-state index >= 15 is 0 Å². The van der Waals surface area contributed by atoms with Crippen LogP contribution >= 0.6 is 0 Å². The van der Waals surface area contributed by atoms with Crippen LogP contribution in [0.4, 0.5) is 0 Å². The molecule has 144 valence electrons. The Labute approximate surface area is 161 Å². The van der Waals surface area contributed by atoms with Gasteiger partial charge in [0, 0.05) is 17.7 Å². The molecule has 0 aromatic heterocycles. The first-order valence-corrected chi connectivity index (χ1v) is 9.52. The minimum absolute atomic E-state index is 0.0745. The molecule has 1 aliphatic rings. The molecule has 1 saturated heterocycles. The van der Waals surface area contributed by atoms with E-state index in [1.54, 1.807) is 38.5 Å². The van der Waals surface area contributed by atoms with E-state index in [1.165, 1.54) is 19.3 Å². The first kappa shape index (κ1) is 19.2. The number of rotatable bonds is 7. The monoisotopic (exact) mass is 368 g/mol. The Hall–Kier alpha value is -2.53. The van der Waals surface area contributed by atoms with E-state index in [2.05, 4.69) is 16.3 Å². The number of methoxy groups -OCH3 is 2. The maximum atomic E-state index is 12.6. The van der Waals surface area contributed by atoms with Crippen LogP contribution in [-0.4, -0.2) is 44.7 Å². The molecule has 5 heteroatoms. The Kier molecular flexibility index (Phi) is 6.71. The second kappa shape index (κ2) is 9.42. The molecule has 1 fully saturated rings. The van der Waals surface area contributed by atoms with Gasteiger partial charge in [-0.15, -0.1) is 0 Å². The van der Waals surface area contributed by atoms with Crippen molar-refractivity contribution < 1.29 is 14.3 Å². The third kappa shape index (κ3) is 4.80. The first-order chi connectivity index (χ1) is 13.2. The van der Waals surface area contributed by atoms with Gasteiger partial charge in [-0.2, -0.15) is 0 Å². The summed E-state index contributed by atoms with van der Waals surface area (Å²) in [6.07, 6.45) is 3.66. The summed E-state index contributed by atoms with van der Waals surface area (Å²) >= 11 is 0. The van der Waals surface area contributed by atoms with Crippen molar-refractivity contribution in [1.29, 1.82) is 0 Å². The molecule has 1 atom stereocenters. The fraction of sp³-hybridized carbons (Fsp3) is 0.409. The number of ether oxygens (including phenoxy) is 2. The van der Waals surface area contributed by atoms with Gasteiger partial charge in [0.05, 0.1) is 20.3 Å². The van der Waals surface area contributed by atoms with Crippen molar-refractivity contribution in [2.75, 3.05) is 33.9 Å². The van der Waals surface area contributed by atoms with Crippen molar-refractivity contribution >= 4 is 5.91 Å². The Bertz CT molecular complexity index is 739. The summed E-state index contributed by atoms with van der Waals surface area (Å²) in [4.78, 5) is 15.1. The molecule has 2 aromatic carbocycles. The molecule has 1 aliphatic heterocycles. The van der Waals surface area contributed by atoms with Gasteiger partial charge in [-0.05, 0) is 56.3 Å². The lowest BCUT2D eigenvalue weighted by Crippen LogP contribution is -2.40. The summed E-state index contributed by atoms with van der Waals surface area (Å²) in [6.45, 7) is 2.63. The Balaban J connectivity index is 1.75. The number of hydrogen-bond donors (Lipinski definition) is 1. The number of piperidine rings is 1. The second-order valence-corrected chi connectivity index (χ2v) is 6.79. The Morgan fingerprint density at radius 3 is 2.37 bits per heavy atom. The van der Waals surface area contributed by atoms with Gasteiger partial charge in [-0.3, -0.25) is 9.69 Å². The zero-order chi connectivity index (χ0) is 19.1. The fourth-order valence-corrected chi connectivity index (χ4v) is 3.64. The highest BCUT2D eigenvalue weighted by atomic mass is 16.5. The predicted octanol–water partition coefficient (Wildman–Crippen LogP) is 3.66. The van der Waals surface area contributed by atoms with Crippen LogP contribution in [-0.2, 0) is 0 Å². The van der Waals surface area contributed by atoms with E-state index in [1.807, 2.05) is 18.2 Å². The highest BCUT2D eigenvalue weighted by Gasteiger charge is 2.25. The van der Waals surface area contributed by atoms with Crippen molar-refractivity contribution in [2.45, 2.75) is 25.3 Å². The molecule has 0 bridgehead atoms. The Morgan fingerprint density at radius 2 is 1.70 bits per heavy atom. The molecule has 27 heavy (non-hydrogen) atoms. The van der Waals surface area contributed by atoms with Crippen LogP contribution in [0.2, 0.25) is 0 Å². The Morgan fingerprint density at radius 1 is 1.00 bits per heavy atom. The lowest BCUT2D eigenvalue weighted by atomic mass is 10.0. The molecular formula is C22H28N2O3. The lowest BCUT2D eigenvalue weighted by molar-refractivity contribution is 0.0923. The smallest absolute Gasteiger partial charge is 0.251 e. The maximum absolute atomic E-state index is 12.6. The van der Waals surface area contributed by atoms with Crippen LogP contribution in [0.15, 0.2) is 48.5 Å². The second-order valence-electron chi connectivity index (χ2n) is 6.79. The van der Waals surface area contributed by atoms with E-state index in [-0.39, 0.29) is 11.9 Å². The molecule has 0 aliphatic carbocycles. The number of benzene rings is 2. The molecule has 1 heterocycles. The standard InChI is InChI=1S/C22H28N2O3/c1-26-18-12-10-17(11-13-18)22(25)23-16-20(24-14-6-3-7-15-24)19-8-4-5-9-21(19)27-2/h4-5,8-13,20H,3,6-7,14-16H2,1-2H3,(H,23,25). The van der Waals surface area contributed by atoms with Gasteiger partial charge in [0.15, 0.2) is 0 Å². The van der Waals surface area contributed by atoms with Gasteiger partial charge in [0.25, 0.3) is 5.91 Å². The van der Waals surface area contributed by atoms with Crippen molar-refractivity contribution in [3.05, 3.63) is 59.7 Å². The molecule has 2 aromatic rings. The number of nitrogens with one attached hydrogen (secondary N) is 1. The minimum atomic E-state index is -0.0745. The summed E-state index contributed by atoms with van der Waals surface area (Å²) in [5, 5.41) is 3.11. The topological polar surface area (TPSA) is 50.8 Å². The highest BCUT2D eigenvalue weighted by molar-refractivity contribution is 5.94. The number of nitrogens with zero attached hydrogens (tertiary/aromatic N) is 1. The minimum Gasteiger partial charge on any atom is -0.497 e. The summed E-state index contributed by atoms with van der Waals surface area (Å²) in [6, 6.07) is 15.4. The third-order valence-corrected chi connectivity index (χ3v) is 5.14. The molecule has 3 rings (SSSR count). The van der Waals surface area contributed by atoms with Crippen molar-refractivity contribution in [2.24, 2.45) is 0 Å². The van der Waals surface area contributed by atoms with Gasteiger partial charge in [0.2, 0.25) is 0 Å². The van der Waals surface area contributed by atoms with Crippen LogP contribution in [0.3, 0.4) is 0 Å². The summed E-state index contributed by atoms with van der Waals surface area (Å²) in [7, 11) is 3.31. The van der Waals surface area contributed by atoms with Gasteiger partial charge in [-0.1, -0.05) is 24.6 Å². The highest BCUT2D eigenvalue weighted by Crippen LogP contribution is 2.31. The number of carbonyl (C=O) groups is 1. The van der Waals surface area contributed by atoms with Crippen LogP contribution in [0.5, 0.6) is 11.5 Å². The van der Waals surface area contributed by atoms with Gasteiger partial charge in [-0.25, -0.2) is 0 Å². The number of hydrogen-bond acceptors (Lipinski definition) is 4. The molecular weight excluding hydrogens is 340 g/mol. The van der Waals surface area contributed by atoms with Crippen LogP contribution < -0.4 is 14.8 Å². The molecule has 0 spiro atoms. The number of likely N-dealkylation sites (tertiary alicyclic amines) is 1. The van der Waals surface area contributed by atoms with Crippen LogP contribution in [0, 0.1) is 0 Å². The van der Waals surface area contributed by atoms with E-state index in [0.717, 1.165) is 30.2 Å². The summed E-state index contributed by atoms with van der Waals surface area (Å²) in [5.74, 6) is 1.54. The maximum Gasteiger partial charge on any atom is 0.251 e. The van der Waals surface area contributed by atoms with Gasteiger partial charge in [0.1, 0.15) is 11.5 Å². The van der Waals surface area contributed by atoms with Crippen LogP contribution in [0.1, 0.15) is 41.2 Å². The quantitative estimate of drug-likeness (QED) is 0.810. The first-order valence-electron chi connectivity index (χ1n) is 9.52. The van der Waals surface area contributed by atoms with E-state index in [4.69, 9.17) is 9.47 Å². The predicted molar refractivity (Wildman–Crippen MR) is 106 cm³/mol. The molecule has 5 nitrogen and oxygen atoms in total. The molecule has 1 amide bonds. The van der Waals surface area contributed by atoms with E-state index < -0.39 is 0 Å². The molecule has 0 radical (unpaired) electrons. The lowest BCUT2D eigenvalue weighted by Gasteiger charge is -2.35. The SMILES string of the molecule is COc1ccc(C(=O)NCC(c2ccccc2OC)N2CCCCC2)cc1. The van der Waals surface area contributed by atoms with Crippen molar-refractivity contribution in [3.8, 4) is 11.5 Å². The molecule has 0 saturated carbocycles. The van der Waals surface area contributed by atoms with E-state index in [9.17, 15) is 4.79 Å². The fourth-order valence-electron chi connectivity index (χ4n) is 3.64. The van der Waals surface area contributed by atoms with Crippen molar-refractivity contribution in [3.63, 3.8) is 0 Å². The summed E-state index contributed by atoms with van der Waals surface area (Å²) in [5.41, 5.74) is 1.75. The third-order valence-electron chi connectivity index (χ3n) is 5.14. The number of carbonyl (C=O) groups excluding carboxylic acids is 1. The summed E-state index contributed by atoms with van der Waals surface area (Å²) < 4.78 is 10.7. The number of para-hydroxylation sites is 1. The van der Waals surface area contributed by atoms with Gasteiger partial charge >= 0.3 is 0 Å². The zero-order valence-corrected chi connectivity index (χ0v) is 16.1. The van der Waals surface area contributed by atoms with E-state index in [0.29, 0.717) is 12.1 Å². The van der Waals surface area contributed by atoms with Gasteiger partial charge < -0.3 is 14.8 Å². The average Bonchev–Trinajstić information content (AvgIpc) is 2.75. The largest absolute Gasteiger partial charge is 0.497 e. The average molecular weight is 368 g/mol. The zero-order valence-electron chi connectivity index (χ0n) is 16.1. The molecule has 1 unspecified atom stereocenters. The van der Waals surface area contributed by atoms with Crippen LogP contribution in [0.25, 0.3) is 0 Å². The number of amides is 1.